The first-order chi connectivity index (χ1) is 7.45. The molecule has 0 unspecified atom stereocenters. The fourth-order valence-corrected chi connectivity index (χ4v) is 14.7. The van der Waals surface area contributed by atoms with Crippen molar-refractivity contribution in [2.45, 2.75) is 2.45 Å². The quantitative estimate of drug-likeness (QED) is 0.675. The summed E-state index contributed by atoms with van der Waals surface area (Å²) in [4.78, 5) is 0. The minimum absolute atomic E-state index is 0.256. The number of rotatable bonds is 4. The van der Waals surface area contributed by atoms with Crippen molar-refractivity contribution in [1.82, 2.24) is 0 Å². The zero-order valence-electron chi connectivity index (χ0n) is 8.48. The molecule has 2 rings (SSSR count). The van der Waals surface area contributed by atoms with Gasteiger partial charge in [0.25, 0.3) is 0 Å². The van der Waals surface area contributed by atoms with E-state index in [4.69, 9.17) is 0 Å². The molecule has 2 aromatic rings. The van der Waals surface area contributed by atoms with Crippen LogP contribution in [0.1, 0.15) is 0 Å². The third-order valence-corrected chi connectivity index (χ3v) is 14.1. The van der Waals surface area contributed by atoms with Crippen LogP contribution in [0.3, 0.4) is 0 Å². The third-order valence-electron chi connectivity index (χ3n) is 2.13. The van der Waals surface area contributed by atoms with Gasteiger partial charge in [0.15, 0.2) is 0 Å². The summed E-state index contributed by atoms with van der Waals surface area (Å²) >= 11 is -0.511. The Morgan fingerprint density at radius 3 is 1.40 bits per heavy atom. The monoisotopic (exact) mass is 408 g/mol. The van der Waals surface area contributed by atoms with Crippen LogP contribution in [-0.2, 0) is 0 Å². The molecule has 2 heteroatoms. The zero-order chi connectivity index (χ0) is 10.3. The molecule has 0 aliphatic heterocycles. The van der Waals surface area contributed by atoms with Gasteiger partial charge >= 0.3 is 113 Å². The Labute approximate surface area is 112 Å². The van der Waals surface area contributed by atoms with Crippen LogP contribution in [-0.4, -0.2) is 42.3 Å². The summed E-state index contributed by atoms with van der Waals surface area (Å²) < 4.78 is 4.87. The van der Waals surface area contributed by atoms with Gasteiger partial charge in [0.05, 0.1) is 0 Å². The second kappa shape index (κ2) is 6.58. The molecular weight excluding hydrogens is 394 g/mol. The summed E-state index contributed by atoms with van der Waals surface area (Å²) in [6, 6.07) is 22.1. The number of hydrogen-bond donors (Lipinski definition) is 0. The van der Waals surface area contributed by atoms with Gasteiger partial charge in [-0.25, -0.2) is 0 Å². The summed E-state index contributed by atoms with van der Waals surface area (Å²) in [6.07, 6.45) is 0. The molecule has 0 spiro atoms. The molecule has 0 saturated heterocycles. The van der Waals surface area contributed by atoms with Crippen LogP contribution in [0.4, 0.5) is 0 Å². The fraction of sp³-hybridized carbons (Fsp3) is 0.0769. The molecule has 0 N–H and O–H groups in total. The second-order valence-corrected chi connectivity index (χ2v) is 16.4. The van der Waals surface area contributed by atoms with Gasteiger partial charge in [-0.3, -0.25) is 0 Å². The first-order valence-electron chi connectivity index (χ1n) is 5.03. The molecule has 0 aliphatic rings. The van der Waals surface area contributed by atoms with Gasteiger partial charge in [0.2, 0.25) is 0 Å². The summed E-state index contributed by atoms with van der Waals surface area (Å²) in [5, 5.41) is 0. The Bertz CT molecular complexity index is 344. The predicted octanol–water partition coefficient (Wildman–Crippen LogP) is 1.42. The van der Waals surface area contributed by atoms with Gasteiger partial charge in [-0.2, -0.15) is 0 Å². The van der Waals surface area contributed by atoms with E-state index in [1.54, 1.807) is 9.61 Å². The summed E-state index contributed by atoms with van der Waals surface area (Å²) in [5.74, 6) is 0. The molecular formula is C13H12Sn2. The Morgan fingerprint density at radius 1 is 0.600 bits per heavy atom. The molecule has 0 heterocycles. The van der Waals surface area contributed by atoms with E-state index in [1.165, 1.54) is 0 Å². The standard InChI is InChI=1S/2C6H5.CH2.2Sn/c2*1-2-4-6-5-3-1;;;/h2*1-5H;1H2;;. The molecule has 0 saturated carbocycles. The van der Waals surface area contributed by atoms with E-state index in [1.807, 2.05) is 0 Å². The van der Waals surface area contributed by atoms with Gasteiger partial charge in [-0.05, 0) is 0 Å². The summed E-state index contributed by atoms with van der Waals surface area (Å²) in [7, 11) is 0. The number of hydrogen-bond acceptors (Lipinski definition) is 0. The Hall–Kier alpha value is 0.0374. The normalized spacial score (nSPS) is 10.1. The molecule has 72 valence electrons. The predicted molar refractivity (Wildman–Crippen MR) is 68.5 cm³/mol. The Balaban J connectivity index is 1.81. The van der Waals surface area contributed by atoms with Gasteiger partial charge in [-0.15, -0.1) is 0 Å². The molecule has 0 nitrogen and oxygen atoms in total. The van der Waals surface area contributed by atoms with E-state index in [0.717, 1.165) is 0 Å². The molecule has 0 aliphatic carbocycles. The van der Waals surface area contributed by atoms with E-state index in [0.29, 0.717) is 0 Å². The molecule has 0 amide bonds. The van der Waals surface area contributed by atoms with Gasteiger partial charge in [0, 0.05) is 0 Å². The Kier molecular flexibility index (Phi) is 5.06. The fourth-order valence-electron chi connectivity index (χ4n) is 1.36. The maximum absolute atomic E-state index is 2.30. The van der Waals surface area contributed by atoms with Gasteiger partial charge in [0.1, 0.15) is 0 Å². The molecule has 0 aromatic heterocycles. The SMILES string of the molecule is c1cc[c]([Sn][CH2][Sn][c]2ccccc2)cc1. The van der Waals surface area contributed by atoms with Crippen molar-refractivity contribution in [3.8, 4) is 0 Å². The van der Waals surface area contributed by atoms with E-state index in [2.05, 4.69) is 60.7 Å². The Morgan fingerprint density at radius 2 is 1.00 bits per heavy atom. The summed E-state index contributed by atoms with van der Waals surface area (Å²) in [5.41, 5.74) is 0. The topological polar surface area (TPSA) is 0 Å². The summed E-state index contributed by atoms with van der Waals surface area (Å²) in [6.45, 7) is 0. The molecule has 0 fully saturated rings. The molecule has 0 atom stereocenters. The van der Waals surface area contributed by atoms with E-state index >= 15 is 0 Å². The van der Waals surface area contributed by atoms with Crippen molar-refractivity contribution in [1.29, 1.82) is 0 Å². The number of benzene rings is 2. The van der Waals surface area contributed by atoms with Gasteiger partial charge < -0.3 is 0 Å². The van der Waals surface area contributed by atoms with Crippen LogP contribution in [0.15, 0.2) is 60.7 Å². The van der Waals surface area contributed by atoms with Crippen molar-refractivity contribution in [2.75, 3.05) is 0 Å². The van der Waals surface area contributed by atoms with Crippen LogP contribution < -0.4 is 7.16 Å². The van der Waals surface area contributed by atoms with E-state index in [-0.39, 0.29) is 42.3 Å². The third kappa shape index (κ3) is 4.19. The van der Waals surface area contributed by atoms with Crippen molar-refractivity contribution < 1.29 is 0 Å². The van der Waals surface area contributed by atoms with Crippen LogP contribution in [0.5, 0.6) is 0 Å². The first kappa shape index (κ1) is 11.5. The van der Waals surface area contributed by atoms with E-state index in [9.17, 15) is 0 Å². The average Bonchev–Trinajstić information content (AvgIpc) is 2.32. The van der Waals surface area contributed by atoms with Crippen LogP contribution in [0, 0.1) is 0 Å². The molecule has 4 radical (unpaired) electrons. The van der Waals surface area contributed by atoms with E-state index < -0.39 is 0 Å². The van der Waals surface area contributed by atoms with Crippen molar-refractivity contribution in [3.63, 3.8) is 0 Å². The van der Waals surface area contributed by atoms with Crippen LogP contribution in [0.25, 0.3) is 0 Å². The molecule has 2 aromatic carbocycles. The van der Waals surface area contributed by atoms with Crippen molar-refractivity contribution in [2.24, 2.45) is 0 Å². The van der Waals surface area contributed by atoms with Gasteiger partial charge in [-0.1, -0.05) is 0 Å². The van der Waals surface area contributed by atoms with Crippen molar-refractivity contribution >= 4 is 49.4 Å². The first-order valence-corrected chi connectivity index (χ1v) is 11.9. The van der Waals surface area contributed by atoms with Crippen LogP contribution >= 0.6 is 0 Å². The second-order valence-electron chi connectivity index (χ2n) is 3.26. The van der Waals surface area contributed by atoms with Crippen LogP contribution in [0.2, 0.25) is 2.45 Å². The van der Waals surface area contributed by atoms with Crippen molar-refractivity contribution in [3.05, 3.63) is 60.7 Å². The minimum atomic E-state index is -0.256. The molecule has 15 heavy (non-hydrogen) atoms. The molecule has 0 bridgehead atoms. The average molecular weight is 406 g/mol. The zero-order valence-corrected chi connectivity index (χ0v) is 14.2. The maximum atomic E-state index is 2.30.